The van der Waals surface area contributed by atoms with Crippen LogP contribution in [0.1, 0.15) is 93.4 Å². The number of fused-ring (bicyclic) bond motifs is 2. The van der Waals surface area contributed by atoms with Crippen LogP contribution in [-0.4, -0.2) is 95.6 Å². The Morgan fingerprint density at radius 2 is 1.68 bits per heavy atom. The number of aliphatic hydroxyl groups excluding tert-OH is 4. The van der Waals surface area contributed by atoms with Crippen molar-refractivity contribution in [2.24, 2.45) is 45.3 Å². The summed E-state index contributed by atoms with van der Waals surface area (Å²) in [7, 11) is 3.56. The number of rotatable bonds is 9. The molecule has 268 valence electrons. The molecule has 0 aromatic carbocycles. The quantitative estimate of drug-likeness (QED) is 0.259. The molecule has 9 nitrogen and oxygen atoms in total. The number of hydrogen-bond acceptors (Lipinski definition) is 9. The van der Waals surface area contributed by atoms with Crippen LogP contribution >= 0.6 is 0 Å². The van der Waals surface area contributed by atoms with Gasteiger partial charge in [0.05, 0.1) is 18.3 Å². The Labute approximate surface area is 282 Å². The maximum Gasteiger partial charge on any atom is 0.186 e. The van der Waals surface area contributed by atoms with Crippen LogP contribution in [0.3, 0.4) is 0 Å². The van der Waals surface area contributed by atoms with E-state index in [1.54, 1.807) is 14.2 Å². The van der Waals surface area contributed by atoms with E-state index in [0.717, 1.165) is 32.1 Å². The van der Waals surface area contributed by atoms with E-state index in [2.05, 4.69) is 72.8 Å². The largest absolute Gasteiger partial charge is 0.394 e. The predicted octanol–water partition coefficient (Wildman–Crippen LogP) is 4.75. The van der Waals surface area contributed by atoms with Crippen molar-refractivity contribution < 1.29 is 44.1 Å². The van der Waals surface area contributed by atoms with Crippen molar-refractivity contribution in [3.8, 4) is 0 Å². The third-order valence-electron chi connectivity index (χ3n) is 15.0. The number of hydrogen-bond donors (Lipinski definition) is 4. The molecule has 0 amide bonds. The molecule has 6 rings (SSSR count). The minimum atomic E-state index is -1.48. The van der Waals surface area contributed by atoms with Crippen LogP contribution in [0.25, 0.3) is 0 Å². The van der Waals surface area contributed by atoms with E-state index >= 15 is 0 Å². The molecule has 0 aromatic rings. The second-order valence-corrected chi connectivity index (χ2v) is 17.5. The maximum absolute atomic E-state index is 10.8. The highest BCUT2D eigenvalue weighted by molar-refractivity contribution is 5.34. The summed E-state index contributed by atoms with van der Waals surface area (Å²) in [4.78, 5) is 0. The monoisotopic (exact) mass is 662 g/mol. The minimum absolute atomic E-state index is 0.0979. The molecule has 2 saturated heterocycles. The average Bonchev–Trinajstić information content (AvgIpc) is 3.41. The fraction of sp³-hybridized carbons (Fsp3) is 0.895. The summed E-state index contributed by atoms with van der Waals surface area (Å²) in [6, 6.07) is 0. The van der Waals surface area contributed by atoms with Crippen LogP contribution in [0.15, 0.2) is 24.3 Å². The van der Waals surface area contributed by atoms with E-state index in [4.69, 9.17) is 23.7 Å². The van der Waals surface area contributed by atoms with Crippen LogP contribution in [0.5, 0.6) is 0 Å². The van der Waals surface area contributed by atoms with Gasteiger partial charge in [0.15, 0.2) is 12.6 Å². The van der Waals surface area contributed by atoms with Gasteiger partial charge in [-0.15, -0.1) is 0 Å². The Bertz CT molecular complexity index is 1220. The fourth-order valence-electron chi connectivity index (χ4n) is 11.9. The Balaban J connectivity index is 1.29. The lowest BCUT2D eigenvalue weighted by Gasteiger charge is -2.65. The van der Waals surface area contributed by atoms with Gasteiger partial charge in [0, 0.05) is 31.0 Å². The number of aliphatic hydroxyl groups is 4. The van der Waals surface area contributed by atoms with Gasteiger partial charge in [-0.05, 0) is 87.4 Å². The summed E-state index contributed by atoms with van der Waals surface area (Å²) in [5.74, 6) is 1.75. The molecule has 2 aliphatic heterocycles. The van der Waals surface area contributed by atoms with E-state index in [1.807, 2.05) is 0 Å². The zero-order valence-electron chi connectivity index (χ0n) is 30.1. The van der Waals surface area contributed by atoms with Crippen LogP contribution in [0.2, 0.25) is 0 Å². The molecule has 6 aliphatic rings. The molecule has 0 unspecified atom stereocenters. The van der Waals surface area contributed by atoms with Crippen LogP contribution in [0, 0.1) is 45.3 Å². The first kappa shape index (κ1) is 35.9. The molecular weight excluding hydrogens is 600 g/mol. The van der Waals surface area contributed by atoms with E-state index in [-0.39, 0.29) is 40.2 Å². The van der Waals surface area contributed by atoms with Crippen molar-refractivity contribution in [3.05, 3.63) is 24.3 Å². The molecule has 4 aliphatic carbocycles. The molecule has 15 atom stereocenters. The van der Waals surface area contributed by atoms with Gasteiger partial charge >= 0.3 is 0 Å². The standard InChI is InChI=1S/C38H62O9/c1-22(11-10-16-33(2,3)44-9)23-14-17-36(7)25-15-18-38-26(37(25,32(43-8)47-38)20-19-35(23,36)6)12-13-27(34(38,4)5)46-31-30(42)29(41)28(40)24(21-39)45-31/h10,15-16,18,22-32,39-42H,11-14,17,19-21H2,1-9H3/b16-10+/t22-,23-,24-,25+,26+,27+,28-,29-,30-,31+,32-,35-,36+,37+,38-/m1/s1. The minimum Gasteiger partial charge on any atom is -0.394 e. The Kier molecular flexibility index (Phi) is 9.27. The number of methoxy groups -OCH3 is 2. The van der Waals surface area contributed by atoms with Crippen LogP contribution < -0.4 is 0 Å². The predicted molar refractivity (Wildman–Crippen MR) is 177 cm³/mol. The SMILES string of the molecule is CO[C@@H]1O[C@]23C=C[C@@H]4[C@@]1(CC[C@]1(C)[C@@H]([C@H](C)C/C=C/C(C)(C)OC)CC[C@@]41C)[C@@H]2CC[C@H](O[C@@H]1O[C@H](CO)[C@@H](O)[C@@H](O)[C@H]1O)C3(C)C. The summed E-state index contributed by atoms with van der Waals surface area (Å²) >= 11 is 0. The Hall–Kier alpha value is -0.880. The van der Waals surface area contributed by atoms with Crippen LogP contribution in [0.4, 0.5) is 0 Å². The van der Waals surface area contributed by atoms with Crippen molar-refractivity contribution >= 4 is 0 Å². The normalized spacial score (nSPS) is 51.1. The van der Waals surface area contributed by atoms with Crippen molar-refractivity contribution in [3.63, 3.8) is 0 Å². The first-order valence-electron chi connectivity index (χ1n) is 18.1. The third kappa shape index (κ3) is 4.95. The number of ether oxygens (including phenoxy) is 5. The molecule has 3 saturated carbocycles. The summed E-state index contributed by atoms with van der Waals surface area (Å²) in [6.45, 7) is 15.6. The van der Waals surface area contributed by atoms with Gasteiger partial charge in [0.2, 0.25) is 0 Å². The highest BCUT2D eigenvalue weighted by atomic mass is 16.7. The lowest BCUT2D eigenvalue weighted by molar-refractivity contribution is -0.331. The molecule has 9 heteroatoms. The summed E-state index contributed by atoms with van der Waals surface area (Å²) in [6.07, 6.45) is 9.34. The second-order valence-electron chi connectivity index (χ2n) is 17.5. The molecule has 2 heterocycles. The van der Waals surface area contributed by atoms with Gasteiger partial charge in [-0.25, -0.2) is 0 Å². The van der Waals surface area contributed by atoms with Gasteiger partial charge in [0.25, 0.3) is 0 Å². The fourth-order valence-corrected chi connectivity index (χ4v) is 11.9. The molecule has 4 N–H and O–H groups in total. The van der Waals surface area contributed by atoms with Crippen molar-refractivity contribution in [2.45, 2.75) is 148 Å². The van der Waals surface area contributed by atoms with E-state index in [0.29, 0.717) is 17.8 Å². The van der Waals surface area contributed by atoms with Gasteiger partial charge in [-0.3, -0.25) is 0 Å². The number of allylic oxidation sites excluding steroid dienone is 2. The smallest absolute Gasteiger partial charge is 0.186 e. The summed E-state index contributed by atoms with van der Waals surface area (Å²) < 4.78 is 31.4. The zero-order valence-corrected chi connectivity index (χ0v) is 30.1. The average molecular weight is 663 g/mol. The van der Waals surface area contributed by atoms with Crippen molar-refractivity contribution in [1.82, 2.24) is 0 Å². The second kappa shape index (κ2) is 12.1. The highest BCUT2D eigenvalue weighted by Gasteiger charge is 2.78. The van der Waals surface area contributed by atoms with Gasteiger partial charge < -0.3 is 44.1 Å². The highest BCUT2D eigenvalue weighted by Crippen LogP contribution is 2.79. The molecule has 1 spiro atoms. The van der Waals surface area contributed by atoms with Gasteiger partial charge in [0.1, 0.15) is 30.0 Å². The zero-order chi connectivity index (χ0) is 34.4. The first-order valence-corrected chi connectivity index (χ1v) is 18.1. The summed E-state index contributed by atoms with van der Waals surface area (Å²) in [5.41, 5.74) is -1.31. The van der Waals surface area contributed by atoms with E-state index in [1.165, 1.54) is 12.8 Å². The molecular formula is C38H62O9. The molecule has 47 heavy (non-hydrogen) atoms. The molecule has 0 radical (unpaired) electrons. The lowest BCUT2D eigenvalue weighted by atomic mass is 9.38. The first-order chi connectivity index (χ1) is 22.0. The van der Waals surface area contributed by atoms with Crippen molar-refractivity contribution in [2.75, 3.05) is 20.8 Å². The van der Waals surface area contributed by atoms with E-state index < -0.39 is 48.3 Å². The van der Waals surface area contributed by atoms with Crippen LogP contribution in [-0.2, 0) is 23.7 Å². The Morgan fingerprint density at radius 3 is 2.34 bits per heavy atom. The molecule has 0 aromatic heterocycles. The van der Waals surface area contributed by atoms with Gasteiger partial charge in [-0.1, -0.05) is 58.9 Å². The van der Waals surface area contributed by atoms with Gasteiger partial charge in [-0.2, -0.15) is 0 Å². The van der Waals surface area contributed by atoms with Crippen molar-refractivity contribution in [1.29, 1.82) is 0 Å². The topological polar surface area (TPSA) is 127 Å². The Morgan fingerprint density at radius 1 is 0.957 bits per heavy atom. The third-order valence-corrected chi connectivity index (χ3v) is 15.0. The lowest BCUT2D eigenvalue weighted by Crippen LogP contribution is -2.66. The molecule has 5 fully saturated rings. The maximum atomic E-state index is 10.8. The summed E-state index contributed by atoms with van der Waals surface area (Å²) in [5, 5.41) is 41.3. The molecule has 2 bridgehead atoms. The van der Waals surface area contributed by atoms with E-state index in [9.17, 15) is 20.4 Å².